The first-order valence-corrected chi connectivity index (χ1v) is 8.11. The number of nitrogens with zero attached hydrogens (tertiary/aromatic N) is 2. The molecule has 0 saturated heterocycles. The van der Waals surface area contributed by atoms with Crippen LogP contribution in [0.2, 0.25) is 0 Å². The number of hydrogen-bond acceptors (Lipinski definition) is 3. The lowest BCUT2D eigenvalue weighted by atomic mass is 9.87. The quantitative estimate of drug-likeness (QED) is 0.810. The van der Waals surface area contributed by atoms with Crippen LogP contribution in [0.5, 0.6) is 0 Å². The first-order valence-electron chi connectivity index (χ1n) is 8.11. The van der Waals surface area contributed by atoms with E-state index >= 15 is 0 Å². The molecule has 118 valence electrons. The van der Waals surface area contributed by atoms with Crippen molar-refractivity contribution < 1.29 is 9.90 Å². The van der Waals surface area contributed by atoms with Gasteiger partial charge in [-0.15, -0.1) is 0 Å². The van der Waals surface area contributed by atoms with Gasteiger partial charge in [-0.25, -0.2) is 4.98 Å². The van der Waals surface area contributed by atoms with E-state index in [0.717, 1.165) is 38.5 Å². The van der Waals surface area contributed by atoms with E-state index < -0.39 is 0 Å². The van der Waals surface area contributed by atoms with Crippen molar-refractivity contribution in [2.24, 2.45) is 5.92 Å². The highest BCUT2D eigenvalue weighted by Gasteiger charge is 2.21. The molecule has 5 nitrogen and oxygen atoms in total. The number of nitrogens with one attached hydrogen (secondary N) is 1. The van der Waals surface area contributed by atoms with E-state index in [1.807, 2.05) is 10.8 Å². The highest BCUT2D eigenvalue weighted by molar-refractivity contribution is 5.76. The van der Waals surface area contributed by atoms with Crippen LogP contribution < -0.4 is 5.32 Å². The van der Waals surface area contributed by atoms with Crippen LogP contribution in [0.3, 0.4) is 0 Å². The van der Waals surface area contributed by atoms with E-state index in [-0.39, 0.29) is 18.1 Å². The fourth-order valence-electron chi connectivity index (χ4n) is 3.17. The average molecular weight is 293 g/mol. The molecule has 1 heterocycles. The SMILES string of the molecule is CCCC(CC(=O)NCC1CCCC(O)C1)n1ccnc1. The summed E-state index contributed by atoms with van der Waals surface area (Å²) in [6, 6.07) is 0.189. The molecule has 1 fully saturated rings. The largest absolute Gasteiger partial charge is 0.393 e. The first kappa shape index (κ1) is 16.0. The van der Waals surface area contributed by atoms with E-state index in [4.69, 9.17) is 0 Å². The molecule has 1 aliphatic rings. The third kappa shape index (κ3) is 5.16. The van der Waals surface area contributed by atoms with E-state index in [2.05, 4.69) is 17.2 Å². The predicted octanol–water partition coefficient (Wildman–Crippen LogP) is 2.28. The Bertz CT molecular complexity index is 419. The molecule has 21 heavy (non-hydrogen) atoms. The standard InChI is InChI=1S/C16H27N3O2/c1-2-4-14(19-8-7-17-12-19)10-16(21)18-11-13-5-3-6-15(20)9-13/h7-8,12-15,20H,2-6,9-11H2,1H3,(H,18,21). The molecule has 1 aromatic heterocycles. The number of amides is 1. The van der Waals surface area contributed by atoms with Gasteiger partial charge in [0.25, 0.3) is 0 Å². The Labute approximate surface area is 126 Å². The normalized spacial score (nSPS) is 23.7. The lowest BCUT2D eigenvalue weighted by Gasteiger charge is -2.26. The first-order chi connectivity index (χ1) is 10.2. The van der Waals surface area contributed by atoms with Gasteiger partial charge in [-0.1, -0.05) is 19.8 Å². The fraction of sp³-hybridized carbons (Fsp3) is 0.750. The monoisotopic (exact) mass is 293 g/mol. The van der Waals surface area contributed by atoms with Crippen LogP contribution in [0.1, 0.15) is 57.9 Å². The van der Waals surface area contributed by atoms with Crippen LogP contribution >= 0.6 is 0 Å². The maximum absolute atomic E-state index is 12.1. The van der Waals surface area contributed by atoms with Gasteiger partial charge in [-0.3, -0.25) is 4.79 Å². The molecule has 0 aromatic carbocycles. The predicted molar refractivity (Wildman–Crippen MR) is 81.8 cm³/mol. The smallest absolute Gasteiger partial charge is 0.222 e. The van der Waals surface area contributed by atoms with Crippen molar-refractivity contribution in [2.75, 3.05) is 6.54 Å². The second kappa shape index (κ2) is 8.17. The van der Waals surface area contributed by atoms with E-state index in [1.165, 1.54) is 0 Å². The van der Waals surface area contributed by atoms with Crippen LogP contribution in [-0.2, 0) is 4.79 Å². The minimum absolute atomic E-state index is 0.0993. The average Bonchev–Trinajstić information content (AvgIpc) is 2.99. The molecular formula is C16H27N3O2. The number of aliphatic hydroxyl groups is 1. The lowest BCUT2D eigenvalue weighted by Crippen LogP contribution is -2.34. The second-order valence-corrected chi connectivity index (χ2v) is 6.15. The molecule has 3 atom stereocenters. The van der Waals surface area contributed by atoms with Crippen molar-refractivity contribution in [1.29, 1.82) is 0 Å². The Morgan fingerprint density at radius 2 is 2.38 bits per heavy atom. The summed E-state index contributed by atoms with van der Waals surface area (Å²) < 4.78 is 2.02. The molecular weight excluding hydrogens is 266 g/mol. The summed E-state index contributed by atoms with van der Waals surface area (Å²) in [5.74, 6) is 0.526. The van der Waals surface area contributed by atoms with Crippen molar-refractivity contribution in [3.63, 3.8) is 0 Å². The minimum atomic E-state index is -0.181. The van der Waals surface area contributed by atoms with Gasteiger partial charge >= 0.3 is 0 Å². The van der Waals surface area contributed by atoms with E-state index in [0.29, 0.717) is 18.9 Å². The summed E-state index contributed by atoms with van der Waals surface area (Å²) in [6.07, 6.45) is 11.7. The maximum atomic E-state index is 12.1. The van der Waals surface area contributed by atoms with Crippen molar-refractivity contribution in [1.82, 2.24) is 14.9 Å². The van der Waals surface area contributed by atoms with Crippen LogP contribution in [0.15, 0.2) is 18.7 Å². The van der Waals surface area contributed by atoms with Crippen molar-refractivity contribution in [3.05, 3.63) is 18.7 Å². The molecule has 2 rings (SSSR count). The van der Waals surface area contributed by atoms with Gasteiger partial charge < -0.3 is 15.0 Å². The van der Waals surface area contributed by atoms with Gasteiger partial charge in [-0.05, 0) is 31.6 Å². The molecule has 0 radical (unpaired) electrons. The number of imidazole rings is 1. The van der Waals surface area contributed by atoms with Crippen LogP contribution in [0.4, 0.5) is 0 Å². The number of aromatic nitrogens is 2. The third-order valence-electron chi connectivity index (χ3n) is 4.33. The fourth-order valence-corrected chi connectivity index (χ4v) is 3.17. The summed E-state index contributed by atoms with van der Waals surface area (Å²) in [6.45, 7) is 2.82. The van der Waals surface area contributed by atoms with Gasteiger partial charge in [0.1, 0.15) is 0 Å². The third-order valence-corrected chi connectivity index (χ3v) is 4.33. The molecule has 1 saturated carbocycles. The van der Waals surface area contributed by atoms with Crippen LogP contribution in [0, 0.1) is 5.92 Å². The Morgan fingerprint density at radius 3 is 3.05 bits per heavy atom. The number of hydrogen-bond donors (Lipinski definition) is 2. The highest BCUT2D eigenvalue weighted by Crippen LogP contribution is 2.23. The van der Waals surface area contributed by atoms with Crippen LogP contribution in [0.25, 0.3) is 0 Å². The molecule has 1 aliphatic carbocycles. The Hall–Kier alpha value is -1.36. The van der Waals surface area contributed by atoms with E-state index in [9.17, 15) is 9.90 Å². The second-order valence-electron chi connectivity index (χ2n) is 6.15. The van der Waals surface area contributed by atoms with Crippen molar-refractivity contribution >= 4 is 5.91 Å². The Morgan fingerprint density at radius 1 is 1.52 bits per heavy atom. The summed E-state index contributed by atoms with van der Waals surface area (Å²) in [4.78, 5) is 16.2. The Kier molecular flexibility index (Phi) is 6.23. The Balaban J connectivity index is 1.77. The molecule has 0 bridgehead atoms. The molecule has 2 N–H and O–H groups in total. The zero-order valence-corrected chi connectivity index (χ0v) is 12.9. The van der Waals surface area contributed by atoms with Crippen molar-refractivity contribution in [2.45, 2.75) is 64.0 Å². The number of aliphatic hydroxyl groups excluding tert-OH is 1. The molecule has 5 heteroatoms. The van der Waals surface area contributed by atoms with Crippen molar-refractivity contribution in [3.8, 4) is 0 Å². The zero-order valence-electron chi connectivity index (χ0n) is 12.9. The number of rotatable bonds is 7. The molecule has 1 amide bonds. The highest BCUT2D eigenvalue weighted by atomic mass is 16.3. The molecule has 1 aromatic rings. The molecule has 3 unspecified atom stereocenters. The summed E-state index contributed by atoms with van der Waals surface area (Å²) >= 11 is 0. The lowest BCUT2D eigenvalue weighted by molar-refractivity contribution is -0.122. The summed E-state index contributed by atoms with van der Waals surface area (Å²) in [5, 5.41) is 12.7. The molecule has 0 aliphatic heterocycles. The van der Waals surface area contributed by atoms with Gasteiger partial charge in [0.05, 0.1) is 12.4 Å². The number of carbonyl (C=O) groups excluding carboxylic acids is 1. The van der Waals surface area contributed by atoms with Gasteiger partial charge in [0, 0.05) is 31.4 Å². The van der Waals surface area contributed by atoms with Crippen LogP contribution in [-0.4, -0.2) is 33.2 Å². The molecule has 0 spiro atoms. The van der Waals surface area contributed by atoms with Gasteiger partial charge in [0.15, 0.2) is 0 Å². The van der Waals surface area contributed by atoms with Gasteiger partial charge in [0.2, 0.25) is 5.91 Å². The summed E-state index contributed by atoms with van der Waals surface area (Å²) in [7, 11) is 0. The topological polar surface area (TPSA) is 67.2 Å². The van der Waals surface area contributed by atoms with E-state index in [1.54, 1.807) is 12.5 Å². The minimum Gasteiger partial charge on any atom is -0.393 e. The maximum Gasteiger partial charge on any atom is 0.222 e. The number of carbonyl (C=O) groups is 1. The summed E-state index contributed by atoms with van der Waals surface area (Å²) in [5.41, 5.74) is 0. The van der Waals surface area contributed by atoms with Gasteiger partial charge in [-0.2, -0.15) is 0 Å². The zero-order chi connectivity index (χ0) is 15.1.